The van der Waals surface area contributed by atoms with Gasteiger partial charge in [-0.1, -0.05) is 49.6 Å². The van der Waals surface area contributed by atoms with Gasteiger partial charge in [0.05, 0.1) is 5.69 Å². The van der Waals surface area contributed by atoms with Gasteiger partial charge >= 0.3 is 0 Å². The number of rotatable bonds is 2. The SMILES string of the molecule is [c]1nc(-c2ccccc2)c(C2CCCCC2)[nH]1. The van der Waals surface area contributed by atoms with Gasteiger partial charge in [0.1, 0.15) is 0 Å². The molecule has 1 aliphatic rings. The van der Waals surface area contributed by atoms with Crippen LogP contribution in [-0.4, -0.2) is 9.97 Å². The minimum absolute atomic E-state index is 0.651. The summed E-state index contributed by atoms with van der Waals surface area (Å²) in [5.74, 6) is 0.651. The third kappa shape index (κ3) is 2.12. The minimum atomic E-state index is 0.651. The molecule has 1 aliphatic carbocycles. The van der Waals surface area contributed by atoms with Crippen molar-refractivity contribution in [3.8, 4) is 11.3 Å². The zero-order valence-electron chi connectivity index (χ0n) is 9.95. The maximum Gasteiger partial charge on any atom is 0.174 e. The number of imidazole rings is 1. The maximum atomic E-state index is 4.38. The van der Waals surface area contributed by atoms with Crippen LogP contribution in [0.15, 0.2) is 30.3 Å². The molecule has 1 radical (unpaired) electrons. The van der Waals surface area contributed by atoms with Crippen LogP contribution in [0.2, 0.25) is 0 Å². The van der Waals surface area contributed by atoms with Crippen LogP contribution >= 0.6 is 0 Å². The predicted octanol–water partition coefficient (Wildman–Crippen LogP) is 3.92. The van der Waals surface area contributed by atoms with E-state index < -0.39 is 0 Å². The van der Waals surface area contributed by atoms with Crippen LogP contribution in [0.1, 0.15) is 43.7 Å². The summed E-state index contributed by atoms with van der Waals surface area (Å²) in [5, 5.41) is 0. The van der Waals surface area contributed by atoms with Gasteiger partial charge in [-0.15, -0.1) is 0 Å². The third-order valence-corrected chi connectivity index (χ3v) is 3.67. The highest BCUT2D eigenvalue weighted by molar-refractivity contribution is 5.62. The molecule has 87 valence electrons. The third-order valence-electron chi connectivity index (χ3n) is 3.67. The molecule has 0 bridgehead atoms. The van der Waals surface area contributed by atoms with Gasteiger partial charge in [-0.05, 0) is 12.8 Å². The molecular weight excluding hydrogens is 208 g/mol. The van der Waals surface area contributed by atoms with Crippen LogP contribution in [0.25, 0.3) is 11.3 Å². The van der Waals surface area contributed by atoms with E-state index in [1.807, 2.05) is 6.07 Å². The largest absolute Gasteiger partial charge is 0.338 e. The number of aromatic nitrogens is 2. The molecule has 3 rings (SSSR count). The summed E-state index contributed by atoms with van der Waals surface area (Å²) in [6, 6.07) is 10.4. The summed E-state index contributed by atoms with van der Waals surface area (Å²) in [5.41, 5.74) is 3.58. The average Bonchev–Trinajstić information content (AvgIpc) is 2.90. The quantitative estimate of drug-likeness (QED) is 0.824. The molecular formula is C15H17N2. The van der Waals surface area contributed by atoms with Crippen LogP contribution in [0.5, 0.6) is 0 Å². The van der Waals surface area contributed by atoms with E-state index in [1.165, 1.54) is 43.4 Å². The minimum Gasteiger partial charge on any atom is -0.338 e. The van der Waals surface area contributed by atoms with E-state index in [9.17, 15) is 0 Å². The number of nitrogens with one attached hydrogen (secondary N) is 1. The van der Waals surface area contributed by atoms with Gasteiger partial charge in [-0.25, -0.2) is 4.98 Å². The topological polar surface area (TPSA) is 28.7 Å². The first kappa shape index (κ1) is 10.6. The Morgan fingerprint density at radius 2 is 1.82 bits per heavy atom. The number of H-pyrrole nitrogens is 1. The number of hydrogen-bond donors (Lipinski definition) is 1. The second kappa shape index (κ2) is 4.74. The Balaban J connectivity index is 1.93. The van der Waals surface area contributed by atoms with E-state index in [4.69, 9.17) is 0 Å². The highest BCUT2D eigenvalue weighted by atomic mass is 14.9. The van der Waals surface area contributed by atoms with Crippen molar-refractivity contribution in [1.29, 1.82) is 0 Å². The van der Waals surface area contributed by atoms with Gasteiger partial charge in [0.15, 0.2) is 6.33 Å². The first-order chi connectivity index (χ1) is 8.45. The molecule has 2 aromatic rings. The zero-order chi connectivity index (χ0) is 11.5. The molecule has 1 fully saturated rings. The van der Waals surface area contributed by atoms with Gasteiger partial charge in [0.2, 0.25) is 0 Å². The average molecular weight is 225 g/mol. The van der Waals surface area contributed by atoms with Gasteiger partial charge < -0.3 is 4.98 Å². The zero-order valence-corrected chi connectivity index (χ0v) is 9.95. The highest BCUT2D eigenvalue weighted by Gasteiger charge is 2.20. The molecule has 0 unspecified atom stereocenters. The van der Waals surface area contributed by atoms with Gasteiger partial charge in [-0.3, -0.25) is 0 Å². The van der Waals surface area contributed by atoms with E-state index >= 15 is 0 Å². The van der Waals surface area contributed by atoms with E-state index in [1.54, 1.807) is 0 Å². The molecule has 1 saturated carbocycles. The summed E-state index contributed by atoms with van der Waals surface area (Å²) in [6.07, 6.45) is 9.57. The lowest BCUT2D eigenvalue weighted by Gasteiger charge is -2.21. The molecule has 0 saturated heterocycles. The summed E-state index contributed by atoms with van der Waals surface area (Å²) in [4.78, 5) is 7.62. The van der Waals surface area contributed by atoms with Crippen molar-refractivity contribution in [3.63, 3.8) is 0 Å². The maximum absolute atomic E-state index is 4.38. The van der Waals surface area contributed by atoms with Crippen molar-refractivity contribution in [2.24, 2.45) is 0 Å². The summed E-state index contributed by atoms with van der Waals surface area (Å²) in [7, 11) is 0. The van der Waals surface area contributed by atoms with Crippen LogP contribution in [0.3, 0.4) is 0 Å². The number of benzene rings is 1. The Morgan fingerprint density at radius 1 is 1.06 bits per heavy atom. The summed E-state index contributed by atoms with van der Waals surface area (Å²) < 4.78 is 0. The summed E-state index contributed by atoms with van der Waals surface area (Å²) in [6.45, 7) is 0. The smallest absolute Gasteiger partial charge is 0.174 e. The van der Waals surface area contributed by atoms with Gasteiger partial charge in [0.25, 0.3) is 0 Å². The number of aromatic amines is 1. The lowest BCUT2D eigenvalue weighted by molar-refractivity contribution is 0.438. The predicted molar refractivity (Wildman–Crippen MR) is 68.7 cm³/mol. The van der Waals surface area contributed by atoms with Gasteiger partial charge in [-0.2, -0.15) is 0 Å². The second-order valence-electron chi connectivity index (χ2n) is 4.81. The Bertz CT molecular complexity index is 467. The normalized spacial score (nSPS) is 17.2. The van der Waals surface area contributed by atoms with E-state index in [-0.39, 0.29) is 0 Å². The fourth-order valence-corrected chi connectivity index (χ4v) is 2.77. The first-order valence-corrected chi connectivity index (χ1v) is 6.46. The molecule has 1 aromatic heterocycles. The van der Waals surface area contributed by atoms with Crippen molar-refractivity contribution in [3.05, 3.63) is 42.4 Å². The Kier molecular flexibility index (Phi) is 2.95. The molecule has 0 amide bonds. The molecule has 17 heavy (non-hydrogen) atoms. The molecule has 1 aromatic carbocycles. The highest BCUT2D eigenvalue weighted by Crippen LogP contribution is 2.35. The number of hydrogen-bond acceptors (Lipinski definition) is 1. The van der Waals surface area contributed by atoms with E-state index in [0.29, 0.717) is 5.92 Å². The van der Waals surface area contributed by atoms with Crippen LogP contribution in [-0.2, 0) is 0 Å². The standard InChI is InChI=1S/C15H17N2/c1-3-7-12(8-4-1)14-15(17-11-16-14)13-9-5-2-6-10-13/h1,3-4,7-8,13H,2,5-6,9-10H2,(H,16,17). The molecule has 0 aliphatic heterocycles. The second-order valence-corrected chi connectivity index (χ2v) is 4.81. The molecule has 0 atom stereocenters. The molecule has 0 spiro atoms. The van der Waals surface area contributed by atoms with Crippen molar-refractivity contribution in [2.75, 3.05) is 0 Å². The fourth-order valence-electron chi connectivity index (χ4n) is 2.77. The van der Waals surface area contributed by atoms with E-state index in [2.05, 4.69) is 40.6 Å². The van der Waals surface area contributed by atoms with Crippen molar-refractivity contribution < 1.29 is 0 Å². The lowest BCUT2D eigenvalue weighted by Crippen LogP contribution is -2.06. The van der Waals surface area contributed by atoms with Crippen LogP contribution in [0, 0.1) is 6.33 Å². The monoisotopic (exact) mass is 225 g/mol. The first-order valence-electron chi connectivity index (χ1n) is 6.46. The molecule has 1 N–H and O–H groups in total. The Hall–Kier alpha value is -1.57. The molecule has 2 heteroatoms. The summed E-state index contributed by atoms with van der Waals surface area (Å²) >= 11 is 0. The van der Waals surface area contributed by atoms with Crippen molar-refractivity contribution in [1.82, 2.24) is 9.97 Å². The Labute approximate surface area is 102 Å². The van der Waals surface area contributed by atoms with Crippen LogP contribution in [0.4, 0.5) is 0 Å². The number of nitrogens with zero attached hydrogens (tertiary/aromatic N) is 1. The van der Waals surface area contributed by atoms with E-state index in [0.717, 1.165) is 5.69 Å². The van der Waals surface area contributed by atoms with Crippen LogP contribution < -0.4 is 0 Å². The Morgan fingerprint density at radius 3 is 2.59 bits per heavy atom. The van der Waals surface area contributed by atoms with Gasteiger partial charge in [0, 0.05) is 17.2 Å². The molecule has 2 nitrogen and oxygen atoms in total. The van der Waals surface area contributed by atoms with Crippen molar-refractivity contribution >= 4 is 0 Å². The molecule has 1 heterocycles. The lowest BCUT2D eigenvalue weighted by atomic mass is 9.85. The fraction of sp³-hybridized carbons (Fsp3) is 0.400. The van der Waals surface area contributed by atoms with Crippen molar-refractivity contribution in [2.45, 2.75) is 38.0 Å².